The van der Waals surface area contributed by atoms with Gasteiger partial charge in [0.25, 0.3) is 5.91 Å². The molecule has 1 fully saturated rings. The summed E-state index contributed by atoms with van der Waals surface area (Å²) in [6.45, 7) is 2.31. The second-order valence-electron chi connectivity index (χ2n) is 6.29. The molecule has 1 aliphatic rings. The van der Waals surface area contributed by atoms with E-state index in [9.17, 15) is 9.59 Å². The molecule has 0 radical (unpaired) electrons. The van der Waals surface area contributed by atoms with E-state index in [2.05, 4.69) is 10.6 Å². The number of aryl methyl sites for hydroxylation is 1. The summed E-state index contributed by atoms with van der Waals surface area (Å²) in [5.41, 5.74) is 2.33. The molecule has 5 nitrogen and oxygen atoms in total. The standard InChI is InChI=1S/C20H22N2O3/c1-14-5-9-18(10-6-14)25-12-11-19(23)21-17-4-2-3-15(13-17)20(24)22-16-7-8-16/h2-6,9-10,13,16H,7-8,11-12H2,1H3,(H,21,23)(H,22,24). The molecule has 0 heterocycles. The van der Waals surface area contributed by atoms with Gasteiger partial charge in [0.15, 0.2) is 0 Å². The van der Waals surface area contributed by atoms with Crippen molar-refractivity contribution in [2.75, 3.05) is 11.9 Å². The van der Waals surface area contributed by atoms with Gasteiger partial charge < -0.3 is 15.4 Å². The Bertz CT molecular complexity index is 752. The smallest absolute Gasteiger partial charge is 0.251 e. The van der Waals surface area contributed by atoms with Crippen molar-refractivity contribution in [2.24, 2.45) is 0 Å². The van der Waals surface area contributed by atoms with Crippen molar-refractivity contribution in [1.82, 2.24) is 5.32 Å². The first-order chi connectivity index (χ1) is 12.1. The van der Waals surface area contributed by atoms with Gasteiger partial charge in [-0.1, -0.05) is 23.8 Å². The summed E-state index contributed by atoms with van der Waals surface area (Å²) >= 11 is 0. The second kappa shape index (κ2) is 7.83. The van der Waals surface area contributed by atoms with Gasteiger partial charge in [0.1, 0.15) is 5.75 Å². The van der Waals surface area contributed by atoms with E-state index >= 15 is 0 Å². The van der Waals surface area contributed by atoms with E-state index < -0.39 is 0 Å². The summed E-state index contributed by atoms with van der Waals surface area (Å²) in [5.74, 6) is 0.505. The van der Waals surface area contributed by atoms with Crippen LogP contribution >= 0.6 is 0 Å². The van der Waals surface area contributed by atoms with E-state index in [1.807, 2.05) is 31.2 Å². The van der Waals surface area contributed by atoms with Gasteiger partial charge >= 0.3 is 0 Å². The van der Waals surface area contributed by atoms with E-state index in [1.165, 1.54) is 0 Å². The summed E-state index contributed by atoms with van der Waals surface area (Å²) in [7, 11) is 0. The van der Waals surface area contributed by atoms with Crippen molar-refractivity contribution in [3.63, 3.8) is 0 Å². The monoisotopic (exact) mass is 338 g/mol. The van der Waals surface area contributed by atoms with Crippen LogP contribution < -0.4 is 15.4 Å². The maximum atomic E-state index is 12.0. The maximum absolute atomic E-state index is 12.0. The molecule has 25 heavy (non-hydrogen) atoms. The van der Waals surface area contributed by atoms with Gasteiger partial charge in [-0.2, -0.15) is 0 Å². The Hall–Kier alpha value is -2.82. The van der Waals surface area contributed by atoms with Gasteiger partial charge in [-0.3, -0.25) is 9.59 Å². The second-order valence-corrected chi connectivity index (χ2v) is 6.29. The highest BCUT2D eigenvalue weighted by molar-refractivity contribution is 5.97. The number of ether oxygens (including phenoxy) is 1. The molecule has 0 aromatic heterocycles. The van der Waals surface area contributed by atoms with Crippen LogP contribution in [-0.2, 0) is 4.79 Å². The number of carbonyl (C=O) groups excluding carboxylic acids is 2. The first-order valence-corrected chi connectivity index (χ1v) is 8.50. The summed E-state index contributed by atoms with van der Waals surface area (Å²) in [5, 5.41) is 5.74. The molecule has 0 bridgehead atoms. The van der Waals surface area contributed by atoms with Crippen LogP contribution in [0.4, 0.5) is 5.69 Å². The molecule has 130 valence electrons. The third kappa shape index (κ3) is 5.35. The van der Waals surface area contributed by atoms with Crippen molar-refractivity contribution in [2.45, 2.75) is 32.2 Å². The van der Waals surface area contributed by atoms with Crippen LogP contribution in [0, 0.1) is 6.92 Å². The largest absolute Gasteiger partial charge is 0.493 e. The Kier molecular flexibility index (Phi) is 5.33. The minimum atomic E-state index is -0.146. The zero-order chi connectivity index (χ0) is 17.6. The number of hydrogen-bond acceptors (Lipinski definition) is 3. The van der Waals surface area contributed by atoms with E-state index in [-0.39, 0.29) is 18.2 Å². The average molecular weight is 338 g/mol. The molecular formula is C20H22N2O3. The van der Waals surface area contributed by atoms with E-state index in [0.29, 0.717) is 23.9 Å². The first kappa shape index (κ1) is 17.0. The normalized spacial score (nSPS) is 13.2. The Morgan fingerprint density at radius 3 is 2.60 bits per heavy atom. The van der Waals surface area contributed by atoms with Crippen LogP contribution in [0.5, 0.6) is 5.75 Å². The molecule has 2 N–H and O–H groups in total. The predicted molar refractivity (Wildman–Crippen MR) is 96.9 cm³/mol. The van der Waals surface area contributed by atoms with Crippen LogP contribution in [-0.4, -0.2) is 24.5 Å². The number of nitrogens with one attached hydrogen (secondary N) is 2. The highest BCUT2D eigenvalue weighted by atomic mass is 16.5. The van der Waals surface area contributed by atoms with Crippen LogP contribution in [0.1, 0.15) is 35.2 Å². The van der Waals surface area contributed by atoms with Gasteiger partial charge in [-0.05, 0) is 50.1 Å². The van der Waals surface area contributed by atoms with Crippen LogP contribution in [0.2, 0.25) is 0 Å². The van der Waals surface area contributed by atoms with E-state index in [0.717, 1.165) is 24.2 Å². The molecule has 3 rings (SSSR count). The lowest BCUT2D eigenvalue weighted by Crippen LogP contribution is -2.25. The molecule has 5 heteroatoms. The van der Waals surface area contributed by atoms with E-state index in [4.69, 9.17) is 4.74 Å². The summed E-state index contributed by atoms with van der Waals surface area (Å²) in [6.07, 6.45) is 2.33. The fraction of sp³-hybridized carbons (Fsp3) is 0.300. The quantitative estimate of drug-likeness (QED) is 0.814. The number of rotatable bonds is 7. The average Bonchev–Trinajstić information content (AvgIpc) is 3.41. The Balaban J connectivity index is 1.47. The lowest BCUT2D eigenvalue weighted by molar-refractivity contribution is -0.116. The fourth-order valence-corrected chi connectivity index (χ4v) is 2.35. The number of benzene rings is 2. The van der Waals surface area contributed by atoms with Crippen molar-refractivity contribution in [3.05, 3.63) is 59.7 Å². The van der Waals surface area contributed by atoms with Gasteiger partial charge in [0, 0.05) is 17.3 Å². The number of carbonyl (C=O) groups is 2. The number of anilines is 1. The first-order valence-electron chi connectivity index (χ1n) is 8.50. The van der Waals surface area contributed by atoms with Crippen LogP contribution in [0.15, 0.2) is 48.5 Å². The zero-order valence-corrected chi connectivity index (χ0v) is 14.2. The molecule has 0 spiro atoms. The molecule has 0 saturated heterocycles. The molecule has 0 aliphatic heterocycles. The van der Waals surface area contributed by atoms with Crippen LogP contribution in [0.25, 0.3) is 0 Å². The SMILES string of the molecule is Cc1ccc(OCCC(=O)Nc2cccc(C(=O)NC3CC3)c2)cc1. The molecule has 0 unspecified atom stereocenters. The molecule has 1 saturated carbocycles. The third-order valence-corrected chi connectivity index (χ3v) is 3.94. The molecule has 0 atom stereocenters. The Labute approximate surface area is 147 Å². The third-order valence-electron chi connectivity index (χ3n) is 3.94. The van der Waals surface area contributed by atoms with Crippen LogP contribution in [0.3, 0.4) is 0 Å². The van der Waals surface area contributed by atoms with E-state index in [1.54, 1.807) is 24.3 Å². The number of amides is 2. The lowest BCUT2D eigenvalue weighted by atomic mass is 10.2. The summed E-state index contributed by atoms with van der Waals surface area (Å²) in [6, 6.07) is 15.0. The molecular weight excluding hydrogens is 316 g/mol. The van der Waals surface area contributed by atoms with Gasteiger partial charge in [-0.15, -0.1) is 0 Å². The topological polar surface area (TPSA) is 67.4 Å². The van der Waals surface area contributed by atoms with Crippen molar-refractivity contribution in [3.8, 4) is 5.75 Å². The van der Waals surface area contributed by atoms with Crippen molar-refractivity contribution in [1.29, 1.82) is 0 Å². The minimum Gasteiger partial charge on any atom is -0.493 e. The summed E-state index contributed by atoms with van der Waals surface area (Å²) in [4.78, 5) is 24.1. The molecule has 2 aromatic rings. The Morgan fingerprint density at radius 1 is 1.12 bits per heavy atom. The lowest BCUT2D eigenvalue weighted by Gasteiger charge is -2.09. The molecule has 1 aliphatic carbocycles. The minimum absolute atomic E-state index is 0.0960. The molecule has 2 amide bonds. The number of hydrogen-bond donors (Lipinski definition) is 2. The van der Waals surface area contributed by atoms with Gasteiger partial charge in [-0.25, -0.2) is 0 Å². The highest BCUT2D eigenvalue weighted by Crippen LogP contribution is 2.20. The Morgan fingerprint density at radius 2 is 1.88 bits per heavy atom. The predicted octanol–water partition coefficient (Wildman–Crippen LogP) is 3.29. The fourth-order valence-electron chi connectivity index (χ4n) is 2.35. The zero-order valence-electron chi connectivity index (χ0n) is 14.2. The highest BCUT2D eigenvalue weighted by Gasteiger charge is 2.23. The van der Waals surface area contributed by atoms with Crippen molar-refractivity contribution < 1.29 is 14.3 Å². The summed E-state index contributed by atoms with van der Waals surface area (Å²) < 4.78 is 5.56. The molecule has 2 aromatic carbocycles. The van der Waals surface area contributed by atoms with Crippen molar-refractivity contribution >= 4 is 17.5 Å². The van der Waals surface area contributed by atoms with Gasteiger partial charge in [0.05, 0.1) is 13.0 Å². The van der Waals surface area contributed by atoms with Gasteiger partial charge in [0.2, 0.25) is 5.91 Å². The maximum Gasteiger partial charge on any atom is 0.251 e.